The lowest BCUT2D eigenvalue weighted by molar-refractivity contribution is -0.116. The minimum Gasteiger partial charge on any atom is -0.493 e. The van der Waals surface area contributed by atoms with E-state index < -0.39 is 6.04 Å². The smallest absolute Gasteiger partial charge is 0.166 e. The van der Waals surface area contributed by atoms with Crippen LogP contribution in [0.4, 0.5) is 5.82 Å². The van der Waals surface area contributed by atoms with E-state index in [2.05, 4.69) is 16.5 Å². The van der Waals surface area contributed by atoms with Gasteiger partial charge in [0, 0.05) is 23.3 Å². The summed E-state index contributed by atoms with van der Waals surface area (Å²) >= 11 is 0. The third kappa shape index (κ3) is 2.26. The quantitative estimate of drug-likeness (QED) is 0.915. The fourth-order valence-corrected chi connectivity index (χ4v) is 3.75. The SMILES string of the molecule is COc1cccc(C2C3=C(CCCC3=O)Nc3c(C#N)cnn32)c1OC. The standard InChI is InChI=1S/C19H18N4O3/c1-25-15-8-3-5-12(18(15)26-2)17-16-13(6-4-7-14(16)24)22-19-11(9-20)10-21-23(17)19/h3,5,8,10,17,22H,4,6-7H2,1-2H3. The second-order valence-corrected chi connectivity index (χ2v) is 6.24. The van der Waals surface area contributed by atoms with Crippen molar-refractivity contribution in [3.05, 3.63) is 46.8 Å². The Bertz CT molecular complexity index is 968. The number of carbonyl (C=O) groups excluding carboxylic acids is 1. The zero-order valence-corrected chi connectivity index (χ0v) is 14.6. The highest BCUT2D eigenvalue weighted by Crippen LogP contribution is 2.45. The molecule has 1 N–H and O–H groups in total. The van der Waals surface area contributed by atoms with E-state index in [9.17, 15) is 10.1 Å². The van der Waals surface area contributed by atoms with Gasteiger partial charge in [0.25, 0.3) is 0 Å². The number of nitrogens with one attached hydrogen (secondary N) is 1. The fraction of sp³-hybridized carbons (Fsp3) is 0.316. The van der Waals surface area contributed by atoms with Crippen LogP contribution in [0.1, 0.15) is 36.4 Å². The minimum absolute atomic E-state index is 0.0910. The third-order valence-corrected chi connectivity index (χ3v) is 4.89. The third-order valence-electron chi connectivity index (χ3n) is 4.89. The van der Waals surface area contributed by atoms with Crippen LogP contribution in [0.25, 0.3) is 0 Å². The molecular weight excluding hydrogens is 332 g/mol. The van der Waals surface area contributed by atoms with E-state index >= 15 is 0 Å². The molecular formula is C19H18N4O3. The topological polar surface area (TPSA) is 89.2 Å². The fourth-order valence-electron chi connectivity index (χ4n) is 3.75. The number of nitriles is 1. The number of para-hydroxylation sites is 1. The lowest BCUT2D eigenvalue weighted by Gasteiger charge is -2.34. The Morgan fingerprint density at radius 1 is 1.31 bits per heavy atom. The molecule has 2 aromatic rings. The predicted molar refractivity (Wildman–Crippen MR) is 94.1 cm³/mol. The van der Waals surface area contributed by atoms with Crippen molar-refractivity contribution in [1.29, 1.82) is 5.26 Å². The number of aromatic nitrogens is 2. The Labute approximate surface area is 150 Å². The summed E-state index contributed by atoms with van der Waals surface area (Å²) in [7, 11) is 3.15. The molecule has 0 saturated heterocycles. The van der Waals surface area contributed by atoms with Crippen LogP contribution in [0.5, 0.6) is 11.5 Å². The Morgan fingerprint density at radius 3 is 2.88 bits per heavy atom. The molecule has 0 saturated carbocycles. The number of fused-ring (bicyclic) bond motifs is 1. The first-order chi connectivity index (χ1) is 12.7. The highest BCUT2D eigenvalue weighted by molar-refractivity contribution is 5.99. The summed E-state index contributed by atoms with van der Waals surface area (Å²) in [6.07, 6.45) is 3.58. The number of Topliss-reactive ketones (excluding diaryl/α,β-unsaturated/α-hetero) is 1. The molecule has 1 aromatic carbocycles. The van der Waals surface area contributed by atoms with Crippen molar-refractivity contribution in [2.45, 2.75) is 25.3 Å². The van der Waals surface area contributed by atoms with Gasteiger partial charge in [-0.3, -0.25) is 4.79 Å². The molecule has 0 fully saturated rings. The number of rotatable bonds is 3. The molecule has 26 heavy (non-hydrogen) atoms. The summed E-state index contributed by atoms with van der Waals surface area (Å²) in [6, 6.07) is 7.28. The molecule has 2 heterocycles. The van der Waals surface area contributed by atoms with Gasteiger partial charge in [-0.1, -0.05) is 12.1 Å². The van der Waals surface area contributed by atoms with E-state index in [1.165, 1.54) is 6.20 Å². The molecule has 132 valence electrons. The number of anilines is 1. The maximum absolute atomic E-state index is 12.8. The van der Waals surface area contributed by atoms with E-state index in [1.807, 2.05) is 18.2 Å². The van der Waals surface area contributed by atoms with Crippen LogP contribution in [0.2, 0.25) is 0 Å². The largest absolute Gasteiger partial charge is 0.493 e. The Balaban J connectivity index is 1.99. The summed E-state index contributed by atoms with van der Waals surface area (Å²) in [6.45, 7) is 0. The van der Waals surface area contributed by atoms with E-state index in [0.717, 1.165) is 24.1 Å². The van der Waals surface area contributed by atoms with Gasteiger partial charge in [0.1, 0.15) is 23.5 Å². The molecule has 0 radical (unpaired) electrons. The summed E-state index contributed by atoms with van der Waals surface area (Å²) in [5.41, 5.74) is 2.77. The Morgan fingerprint density at radius 2 is 2.15 bits per heavy atom. The van der Waals surface area contributed by atoms with Gasteiger partial charge >= 0.3 is 0 Å². The average Bonchev–Trinajstić information content (AvgIpc) is 3.08. The van der Waals surface area contributed by atoms with Crippen molar-refractivity contribution in [2.75, 3.05) is 19.5 Å². The summed E-state index contributed by atoms with van der Waals surface area (Å²) < 4.78 is 12.7. The molecule has 1 aromatic heterocycles. The average molecular weight is 350 g/mol. The van der Waals surface area contributed by atoms with Crippen LogP contribution < -0.4 is 14.8 Å². The molecule has 0 bridgehead atoms. The highest BCUT2D eigenvalue weighted by Gasteiger charge is 2.38. The molecule has 0 spiro atoms. The lowest BCUT2D eigenvalue weighted by atomic mass is 9.85. The van der Waals surface area contributed by atoms with Gasteiger partial charge in [0.05, 0.1) is 20.4 Å². The monoisotopic (exact) mass is 350 g/mol. The Kier molecular flexibility index (Phi) is 3.88. The lowest BCUT2D eigenvalue weighted by Crippen LogP contribution is -2.31. The van der Waals surface area contributed by atoms with Crippen molar-refractivity contribution in [3.8, 4) is 17.6 Å². The van der Waals surface area contributed by atoms with E-state index in [1.54, 1.807) is 18.9 Å². The number of hydrogen-bond donors (Lipinski definition) is 1. The van der Waals surface area contributed by atoms with Gasteiger partial charge in [-0.05, 0) is 18.9 Å². The Hall–Kier alpha value is -3.27. The molecule has 7 nitrogen and oxygen atoms in total. The maximum Gasteiger partial charge on any atom is 0.166 e. The summed E-state index contributed by atoms with van der Waals surface area (Å²) in [5, 5.41) is 17.0. The second kappa shape index (κ2) is 6.23. The molecule has 1 atom stereocenters. The van der Waals surface area contributed by atoms with Crippen LogP contribution >= 0.6 is 0 Å². The zero-order valence-electron chi connectivity index (χ0n) is 14.6. The van der Waals surface area contributed by atoms with Gasteiger partial charge < -0.3 is 14.8 Å². The molecule has 1 unspecified atom stereocenters. The van der Waals surface area contributed by atoms with E-state index in [4.69, 9.17) is 9.47 Å². The first-order valence-electron chi connectivity index (χ1n) is 8.41. The molecule has 4 rings (SSSR count). The van der Waals surface area contributed by atoms with Crippen molar-refractivity contribution in [2.24, 2.45) is 0 Å². The number of hydrogen-bond acceptors (Lipinski definition) is 6. The van der Waals surface area contributed by atoms with E-state index in [0.29, 0.717) is 34.9 Å². The van der Waals surface area contributed by atoms with Gasteiger partial charge in [0.15, 0.2) is 17.3 Å². The van der Waals surface area contributed by atoms with Crippen LogP contribution in [-0.4, -0.2) is 29.8 Å². The minimum atomic E-state index is -0.457. The first kappa shape index (κ1) is 16.2. The number of benzene rings is 1. The molecule has 7 heteroatoms. The van der Waals surface area contributed by atoms with Crippen LogP contribution in [0.3, 0.4) is 0 Å². The molecule has 1 aliphatic heterocycles. The predicted octanol–water partition coefficient (Wildman–Crippen LogP) is 2.79. The highest BCUT2D eigenvalue weighted by atomic mass is 16.5. The number of ketones is 1. The van der Waals surface area contributed by atoms with Crippen molar-refractivity contribution >= 4 is 11.6 Å². The van der Waals surface area contributed by atoms with Crippen LogP contribution in [0.15, 0.2) is 35.7 Å². The first-order valence-corrected chi connectivity index (χ1v) is 8.41. The number of carbonyl (C=O) groups is 1. The van der Waals surface area contributed by atoms with Gasteiger partial charge in [-0.15, -0.1) is 0 Å². The molecule has 2 aliphatic rings. The molecule has 0 amide bonds. The van der Waals surface area contributed by atoms with Crippen molar-refractivity contribution < 1.29 is 14.3 Å². The molecule has 1 aliphatic carbocycles. The number of ether oxygens (including phenoxy) is 2. The van der Waals surface area contributed by atoms with Crippen molar-refractivity contribution in [1.82, 2.24) is 9.78 Å². The van der Waals surface area contributed by atoms with E-state index in [-0.39, 0.29) is 5.78 Å². The van der Waals surface area contributed by atoms with Gasteiger partial charge in [0.2, 0.25) is 0 Å². The second-order valence-electron chi connectivity index (χ2n) is 6.24. The van der Waals surface area contributed by atoms with Gasteiger partial charge in [-0.2, -0.15) is 10.4 Å². The number of methoxy groups -OCH3 is 2. The summed E-state index contributed by atoms with van der Waals surface area (Å²) in [5.74, 6) is 1.85. The number of nitrogens with zero attached hydrogens (tertiary/aromatic N) is 3. The summed E-state index contributed by atoms with van der Waals surface area (Å²) in [4.78, 5) is 12.8. The van der Waals surface area contributed by atoms with Crippen LogP contribution in [-0.2, 0) is 4.79 Å². The zero-order chi connectivity index (χ0) is 18.3. The maximum atomic E-state index is 12.8. The van der Waals surface area contributed by atoms with Gasteiger partial charge in [-0.25, -0.2) is 4.68 Å². The number of allylic oxidation sites excluding steroid dienone is 2. The normalized spacial score (nSPS) is 18.5. The van der Waals surface area contributed by atoms with Crippen molar-refractivity contribution in [3.63, 3.8) is 0 Å². The van der Waals surface area contributed by atoms with Crippen LogP contribution in [0, 0.1) is 11.3 Å².